The van der Waals surface area contributed by atoms with E-state index >= 15 is 0 Å². The van der Waals surface area contributed by atoms with E-state index < -0.39 is 17.7 Å². The highest BCUT2D eigenvalue weighted by molar-refractivity contribution is 7.07. The molecule has 1 saturated heterocycles. The van der Waals surface area contributed by atoms with Gasteiger partial charge in [0.2, 0.25) is 5.91 Å². The fourth-order valence-corrected chi connectivity index (χ4v) is 3.76. The highest BCUT2D eigenvalue weighted by Gasteiger charge is 2.33. The maximum atomic E-state index is 13.7. The molecule has 1 fully saturated rings. The zero-order valence-corrected chi connectivity index (χ0v) is 13.6. The van der Waals surface area contributed by atoms with Crippen molar-refractivity contribution >= 4 is 22.9 Å². The number of nitrogens with one attached hydrogen (secondary N) is 1. The van der Waals surface area contributed by atoms with Crippen LogP contribution in [-0.2, 0) is 4.79 Å². The molecular weight excluding hydrogens is 318 g/mol. The molecule has 1 aliphatic heterocycles. The number of carbonyl (C=O) groups excluding carboxylic acids is 1. The number of nitrogens with zero attached hydrogens (tertiary/aromatic N) is 1. The summed E-state index contributed by atoms with van der Waals surface area (Å²) >= 11 is 1.64. The van der Waals surface area contributed by atoms with Gasteiger partial charge in [-0.05, 0) is 60.8 Å². The van der Waals surface area contributed by atoms with E-state index in [1.165, 1.54) is 5.56 Å². The second-order valence-electron chi connectivity index (χ2n) is 5.74. The summed E-state index contributed by atoms with van der Waals surface area (Å²) in [6, 6.07) is 4.91. The second kappa shape index (κ2) is 6.76. The lowest BCUT2D eigenvalue weighted by atomic mass is 10.1. The van der Waals surface area contributed by atoms with Crippen molar-refractivity contribution in [3.8, 4) is 0 Å². The van der Waals surface area contributed by atoms with Crippen LogP contribution in [0.4, 0.5) is 14.5 Å². The summed E-state index contributed by atoms with van der Waals surface area (Å²) in [5.74, 6) is -1.54. The van der Waals surface area contributed by atoms with Crippen LogP contribution >= 0.6 is 11.3 Å². The third-order valence-corrected chi connectivity index (χ3v) is 4.99. The van der Waals surface area contributed by atoms with Crippen LogP contribution in [0.15, 0.2) is 35.0 Å². The van der Waals surface area contributed by atoms with Crippen LogP contribution in [0, 0.1) is 11.6 Å². The second-order valence-corrected chi connectivity index (χ2v) is 6.52. The van der Waals surface area contributed by atoms with Crippen LogP contribution in [0.1, 0.15) is 31.4 Å². The summed E-state index contributed by atoms with van der Waals surface area (Å²) in [6.45, 7) is 2.62. The fraction of sp³-hybridized carbons (Fsp3) is 0.353. The molecule has 23 heavy (non-hydrogen) atoms. The molecule has 0 saturated carbocycles. The van der Waals surface area contributed by atoms with Crippen molar-refractivity contribution in [1.29, 1.82) is 0 Å². The summed E-state index contributed by atoms with van der Waals surface area (Å²) in [5, 5.41) is 6.62. The van der Waals surface area contributed by atoms with E-state index in [1.807, 2.05) is 5.38 Å². The summed E-state index contributed by atoms with van der Waals surface area (Å²) in [7, 11) is 0. The summed E-state index contributed by atoms with van der Waals surface area (Å²) in [6.07, 6.45) is 2.02. The minimum Gasteiger partial charge on any atom is -0.322 e. The van der Waals surface area contributed by atoms with Gasteiger partial charge in [-0.3, -0.25) is 9.69 Å². The minimum absolute atomic E-state index is 0.117. The predicted molar refractivity (Wildman–Crippen MR) is 87.4 cm³/mol. The van der Waals surface area contributed by atoms with Gasteiger partial charge in [0.05, 0.1) is 11.7 Å². The lowest BCUT2D eigenvalue weighted by Gasteiger charge is -2.29. The van der Waals surface area contributed by atoms with Crippen molar-refractivity contribution in [1.82, 2.24) is 4.90 Å². The van der Waals surface area contributed by atoms with Crippen molar-refractivity contribution < 1.29 is 13.6 Å². The number of carbonyl (C=O) groups is 1. The van der Waals surface area contributed by atoms with E-state index in [-0.39, 0.29) is 17.6 Å². The first-order chi connectivity index (χ1) is 11.1. The number of thiophene rings is 1. The summed E-state index contributed by atoms with van der Waals surface area (Å²) in [4.78, 5) is 14.6. The van der Waals surface area contributed by atoms with Crippen molar-refractivity contribution in [2.45, 2.75) is 31.8 Å². The van der Waals surface area contributed by atoms with Crippen molar-refractivity contribution in [3.05, 3.63) is 52.2 Å². The monoisotopic (exact) mass is 336 g/mol. The number of hydrogen-bond donors (Lipinski definition) is 1. The lowest BCUT2D eigenvalue weighted by Crippen LogP contribution is -2.41. The molecule has 2 atom stereocenters. The van der Waals surface area contributed by atoms with Crippen molar-refractivity contribution in [3.63, 3.8) is 0 Å². The lowest BCUT2D eigenvalue weighted by molar-refractivity contribution is -0.121. The van der Waals surface area contributed by atoms with Crippen LogP contribution in [0.5, 0.6) is 0 Å². The molecule has 0 spiro atoms. The first-order valence-corrected chi connectivity index (χ1v) is 8.54. The molecule has 0 bridgehead atoms. The first-order valence-electron chi connectivity index (χ1n) is 7.60. The first kappa shape index (κ1) is 16.1. The smallest absolute Gasteiger partial charge is 0.241 e. The largest absolute Gasteiger partial charge is 0.322 e. The highest BCUT2D eigenvalue weighted by atomic mass is 32.1. The molecule has 1 N–H and O–H groups in total. The average molecular weight is 336 g/mol. The maximum Gasteiger partial charge on any atom is 0.241 e. The predicted octanol–water partition coefficient (Wildman–Crippen LogP) is 4.19. The van der Waals surface area contributed by atoms with Gasteiger partial charge >= 0.3 is 0 Å². The molecule has 1 amide bonds. The Labute approximate surface area is 137 Å². The number of anilines is 1. The third-order valence-electron chi connectivity index (χ3n) is 4.29. The Balaban J connectivity index is 1.73. The Morgan fingerprint density at radius 2 is 2.22 bits per heavy atom. The van der Waals surface area contributed by atoms with E-state index in [9.17, 15) is 13.6 Å². The Kier molecular flexibility index (Phi) is 4.73. The average Bonchev–Trinajstić information content (AvgIpc) is 3.20. The molecule has 1 aromatic carbocycles. The van der Waals surface area contributed by atoms with Gasteiger partial charge < -0.3 is 5.32 Å². The molecule has 2 heterocycles. The Morgan fingerprint density at radius 3 is 2.96 bits per heavy atom. The van der Waals surface area contributed by atoms with Crippen LogP contribution in [0.25, 0.3) is 0 Å². The molecule has 0 aliphatic carbocycles. The Hall–Kier alpha value is -1.79. The number of likely N-dealkylation sites (tertiary alicyclic amines) is 1. The van der Waals surface area contributed by atoms with Gasteiger partial charge in [0.15, 0.2) is 0 Å². The molecular formula is C17H18F2N2OS. The molecule has 1 aromatic heterocycles. The number of benzene rings is 1. The highest BCUT2D eigenvalue weighted by Crippen LogP contribution is 2.34. The standard InChI is InChI=1S/C17H18F2N2OS/c1-11(17(22)20-15-9-13(18)4-5-14(15)19)21-7-2-3-16(21)12-6-8-23-10-12/h4-6,8-11,16H,2-3,7H2,1H3,(H,20,22)/t11-,16-/m1/s1. The SMILES string of the molecule is C[C@H](C(=O)Nc1cc(F)ccc1F)N1CCC[C@@H]1c1ccsc1. The Bertz CT molecular complexity index is 690. The van der Waals surface area contributed by atoms with E-state index in [0.29, 0.717) is 0 Å². The van der Waals surface area contributed by atoms with Gasteiger partial charge in [0.25, 0.3) is 0 Å². The summed E-state index contributed by atoms with van der Waals surface area (Å²) < 4.78 is 26.9. The topological polar surface area (TPSA) is 32.3 Å². The fourth-order valence-electron chi connectivity index (χ4n) is 3.06. The normalized spacial score (nSPS) is 19.7. The van der Waals surface area contributed by atoms with Crippen LogP contribution in [0.3, 0.4) is 0 Å². The molecule has 3 rings (SSSR count). The quantitative estimate of drug-likeness (QED) is 0.908. The van der Waals surface area contributed by atoms with E-state index in [4.69, 9.17) is 0 Å². The van der Waals surface area contributed by atoms with Crippen molar-refractivity contribution in [2.75, 3.05) is 11.9 Å². The van der Waals surface area contributed by atoms with E-state index in [1.54, 1.807) is 18.3 Å². The van der Waals surface area contributed by atoms with Gasteiger partial charge in [0.1, 0.15) is 11.6 Å². The summed E-state index contributed by atoms with van der Waals surface area (Å²) in [5.41, 5.74) is 1.09. The molecule has 2 aromatic rings. The zero-order valence-electron chi connectivity index (χ0n) is 12.8. The van der Waals surface area contributed by atoms with Crippen molar-refractivity contribution in [2.24, 2.45) is 0 Å². The minimum atomic E-state index is -0.636. The van der Waals surface area contributed by atoms with Gasteiger partial charge in [-0.2, -0.15) is 11.3 Å². The molecule has 6 heteroatoms. The van der Waals surface area contributed by atoms with Gasteiger partial charge in [-0.15, -0.1) is 0 Å². The van der Waals surface area contributed by atoms with E-state index in [2.05, 4.69) is 21.7 Å². The molecule has 0 radical (unpaired) electrons. The van der Waals surface area contributed by atoms with Crippen LogP contribution < -0.4 is 5.32 Å². The molecule has 3 nitrogen and oxygen atoms in total. The van der Waals surface area contributed by atoms with Crippen LogP contribution in [0.2, 0.25) is 0 Å². The Morgan fingerprint density at radius 1 is 1.39 bits per heavy atom. The number of rotatable bonds is 4. The zero-order chi connectivity index (χ0) is 16.4. The van der Waals surface area contributed by atoms with Gasteiger partial charge in [-0.1, -0.05) is 0 Å². The molecule has 122 valence electrons. The number of halogens is 2. The van der Waals surface area contributed by atoms with Gasteiger partial charge in [-0.25, -0.2) is 8.78 Å². The molecule has 0 unspecified atom stereocenters. The molecule has 1 aliphatic rings. The van der Waals surface area contributed by atoms with E-state index in [0.717, 1.165) is 37.6 Å². The number of hydrogen-bond acceptors (Lipinski definition) is 3. The maximum absolute atomic E-state index is 13.7. The third kappa shape index (κ3) is 3.43. The number of amides is 1. The van der Waals surface area contributed by atoms with Gasteiger partial charge in [0, 0.05) is 12.1 Å². The van der Waals surface area contributed by atoms with Crippen LogP contribution in [-0.4, -0.2) is 23.4 Å².